The monoisotopic (exact) mass is 268 g/mol. The molecule has 0 amide bonds. The maximum Gasteiger partial charge on any atom is 0.302 e. The SMILES string of the molecule is O=S(O)OCc1ccc(F)c(Br)c1. The van der Waals surface area contributed by atoms with Gasteiger partial charge in [0.25, 0.3) is 0 Å². The first-order chi connectivity index (χ1) is 6.09. The predicted octanol–water partition coefficient (Wildman–Crippen LogP) is 2.24. The fraction of sp³-hybridized carbons (Fsp3) is 0.143. The summed E-state index contributed by atoms with van der Waals surface area (Å²) in [6.07, 6.45) is 0. The van der Waals surface area contributed by atoms with Crippen molar-refractivity contribution < 1.29 is 17.3 Å². The van der Waals surface area contributed by atoms with Crippen molar-refractivity contribution in [2.45, 2.75) is 6.61 Å². The molecule has 13 heavy (non-hydrogen) atoms. The van der Waals surface area contributed by atoms with Crippen LogP contribution in [0.25, 0.3) is 0 Å². The van der Waals surface area contributed by atoms with Crippen molar-refractivity contribution >= 4 is 27.3 Å². The van der Waals surface area contributed by atoms with Crippen LogP contribution in [0.15, 0.2) is 22.7 Å². The van der Waals surface area contributed by atoms with Gasteiger partial charge in [0.15, 0.2) is 0 Å². The highest BCUT2D eigenvalue weighted by atomic mass is 79.9. The summed E-state index contributed by atoms with van der Waals surface area (Å²) in [6, 6.07) is 4.22. The first kappa shape index (κ1) is 10.8. The van der Waals surface area contributed by atoms with Gasteiger partial charge < -0.3 is 0 Å². The average molecular weight is 269 g/mol. The third-order valence-corrected chi connectivity index (χ3v) is 2.24. The Labute approximate surface area is 85.5 Å². The standard InChI is InChI=1S/C7H6BrFO3S/c8-6-3-5(1-2-7(6)9)4-12-13(10)11/h1-3H,4H2,(H,10,11). The smallest absolute Gasteiger partial charge is 0.284 e. The van der Waals surface area contributed by atoms with Crippen molar-refractivity contribution in [3.8, 4) is 0 Å². The molecule has 3 nitrogen and oxygen atoms in total. The maximum atomic E-state index is 12.7. The Morgan fingerprint density at radius 1 is 1.62 bits per heavy atom. The summed E-state index contributed by atoms with van der Waals surface area (Å²) >= 11 is 0.697. The van der Waals surface area contributed by atoms with E-state index < -0.39 is 11.4 Å². The van der Waals surface area contributed by atoms with Gasteiger partial charge >= 0.3 is 11.4 Å². The molecular weight excluding hydrogens is 263 g/mol. The lowest BCUT2D eigenvalue weighted by Crippen LogP contribution is -1.96. The summed E-state index contributed by atoms with van der Waals surface area (Å²) < 4.78 is 35.8. The highest BCUT2D eigenvalue weighted by molar-refractivity contribution is 9.10. The highest BCUT2D eigenvalue weighted by Gasteiger charge is 2.01. The molecule has 6 heteroatoms. The molecule has 1 N–H and O–H groups in total. The van der Waals surface area contributed by atoms with E-state index in [2.05, 4.69) is 20.1 Å². The fourth-order valence-corrected chi connectivity index (χ4v) is 1.41. The fourth-order valence-electron chi connectivity index (χ4n) is 0.748. The van der Waals surface area contributed by atoms with Crippen LogP contribution in [-0.2, 0) is 22.2 Å². The predicted molar refractivity (Wildman–Crippen MR) is 49.7 cm³/mol. The van der Waals surface area contributed by atoms with Crippen LogP contribution in [0.5, 0.6) is 0 Å². The third-order valence-electron chi connectivity index (χ3n) is 1.31. The molecule has 0 aliphatic rings. The van der Waals surface area contributed by atoms with Crippen LogP contribution in [0.3, 0.4) is 0 Å². The minimum absolute atomic E-state index is 0.0258. The van der Waals surface area contributed by atoms with Gasteiger partial charge in [-0.1, -0.05) is 6.07 Å². The Morgan fingerprint density at radius 2 is 2.31 bits per heavy atom. The van der Waals surface area contributed by atoms with Crippen molar-refractivity contribution in [2.24, 2.45) is 0 Å². The molecule has 72 valence electrons. The van der Waals surface area contributed by atoms with Crippen LogP contribution >= 0.6 is 15.9 Å². The highest BCUT2D eigenvalue weighted by Crippen LogP contribution is 2.17. The lowest BCUT2D eigenvalue weighted by molar-refractivity contribution is 0.297. The summed E-state index contributed by atoms with van der Waals surface area (Å²) in [4.78, 5) is 0. The van der Waals surface area contributed by atoms with Crippen LogP contribution in [0, 0.1) is 5.82 Å². The van der Waals surface area contributed by atoms with E-state index in [9.17, 15) is 8.60 Å². The molecule has 0 saturated carbocycles. The first-order valence-corrected chi connectivity index (χ1v) is 5.10. The lowest BCUT2D eigenvalue weighted by atomic mass is 10.2. The summed E-state index contributed by atoms with van der Waals surface area (Å²) in [5, 5.41) is 0. The van der Waals surface area contributed by atoms with Crippen LogP contribution in [0.4, 0.5) is 4.39 Å². The van der Waals surface area contributed by atoms with Crippen LogP contribution in [0.2, 0.25) is 0 Å². The second kappa shape index (κ2) is 4.80. The van der Waals surface area contributed by atoms with Gasteiger partial charge in [-0.25, -0.2) is 4.39 Å². The number of hydrogen-bond donors (Lipinski definition) is 1. The van der Waals surface area contributed by atoms with Crippen molar-refractivity contribution in [1.29, 1.82) is 0 Å². The van der Waals surface area contributed by atoms with Crippen LogP contribution in [0.1, 0.15) is 5.56 Å². The molecule has 0 aromatic heterocycles. The topological polar surface area (TPSA) is 46.5 Å². The van der Waals surface area contributed by atoms with Crippen molar-refractivity contribution in [1.82, 2.24) is 0 Å². The zero-order valence-corrected chi connectivity index (χ0v) is 8.77. The van der Waals surface area contributed by atoms with Gasteiger partial charge in [-0.05, 0) is 33.6 Å². The maximum absolute atomic E-state index is 12.7. The first-order valence-electron chi connectivity index (χ1n) is 3.27. The Balaban J connectivity index is 2.68. The number of hydrogen-bond acceptors (Lipinski definition) is 2. The van der Waals surface area contributed by atoms with E-state index in [4.69, 9.17) is 4.55 Å². The molecule has 1 aromatic rings. The Bertz CT molecular complexity index is 332. The summed E-state index contributed by atoms with van der Waals surface area (Å²) in [7, 11) is 0. The normalized spacial score (nSPS) is 12.8. The van der Waals surface area contributed by atoms with Gasteiger partial charge in [-0.3, -0.25) is 8.74 Å². The molecule has 0 saturated heterocycles. The average Bonchev–Trinajstić information content (AvgIpc) is 2.07. The van der Waals surface area contributed by atoms with E-state index in [1.54, 1.807) is 0 Å². The molecule has 0 spiro atoms. The molecule has 0 heterocycles. The molecule has 0 aliphatic heterocycles. The van der Waals surface area contributed by atoms with Gasteiger partial charge in [0.2, 0.25) is 0 Å². The van der Waals surface area contributed by atoms with Crippen molar-refractivity contribution in [2.75, 3.05) is 0 Å². The zero-order valence-electron chi connectivity index (χ0n) is 6.37. The van der Waals surface area contributed by atoms with Gasteiger partial charge in [0, 0.05) is 0 Å². The minimum atomic E-state index is -2.29. The van der Waals surface area contributed by atoms with E-state index in [0.717, 1.165) is 0 Å². The van der Waals surface area contributed by atoms with Gasteiger partial charge in [-0.2, -0.15) is 4.21 Å². The molecular formula is C7H6BrFO3S. The molecule has 0 aliphatic carbocycles. The van der Waals surface area contributed by atoms with Gasteiger partial charge in [0.05, 0.1) is 11.1 Å². The van der Waals surface area contributed by atoms with Crippen LogP contribution in [-0.4, -0.2) is 8.76 Å². The molecule has 0 bridgehead atoms. The zero-order chi connectivity index (χ0) is 9.84. The molecule has 0 fully saturated rings. The largest absolute Gasteiger partial charge is 0.302 e. The Kier molecular flexibility index (Phi) is 3.98. The second-order valence-electron chi connectivity index (χ2n) is 2.23. The van der Waals surface area contributed by atoms with Crippen LogP contribution < -0.4 is 0 Å². The second-order valence-corrected chi connectivity index (χ2v) is 3.75. The Morgan fingerprint density at radius 3 is 2.85 bits per heavy atom. The minimum Gasteiger partial charge on any atom is -0.284 e. The molecule has 1 atom stereocenters. The Hall–Kier alpha value is -0.300. The van der Waals surface area contributed by atoms with Crippen molar-refractivity contribution in [3.05, 3.63) is 34.1 Å². The van der Waals surface area contributed by atoms with Gasteiger partial charge in [-0.15, -0.1) is 0 Å². The van der Waals surface area contributed by atoms with Gasteiger partial charge in [0.1, 0.15) is 5.82 Å². The van der Waals surface area contributed by atoms with E-state index >= 15 is 0 Å². The number of halogens is 2. The molecule has 1 aromatic carbocycles. The molecule has 1 unspecified atom stereocenters. The summed E-state index contributed by atoms with van der Waals surface area (Å²) in [6.45, 7) is -0.0258. The lowest BCUT2D eigenvalue weighted by Gasteiger charge is -2.00. The summed E-state index contributed by atoms with van der Waals surface area (Å²) in [5.41, 5.74) is 0.621. The van der Waals surface area contributed by atoms with Crippen molar-refractivity contribution in [3.63, 3.8) is 0 Å². The number of benzene rings is 1. The van der Waals surface area contributed by atoms with E-state index in [1.165, 1.54) is 18.2 Å². The third kappa shape index (κ3) is 3.51. The molecule has 1 rings (SSSR count). The van der Waals surface area contributed by atoms with E-state index in [-0.39, 0.29) is 12.4 Å². The van der Waals surface area contributed by atoms with E-state index in [1.807, 2.05) is 0 Å². The molecule has 0 radical (unpaired) electrons. The quantitative estimate of drug-likeness (QED) is 0.856. The van der Waals surface area contributed by atoms with E-state index in [0.29, 0.717) is 10.0 Å². The summed E-state index contributed by atoms with van der Waals surface area (Å²) in [5.74, 6) is -0.381. The number of rotatable bonds is 3.